The number of methoxy groups -OCH3 is 2. The topological polar surface area (TPSA) is 118 Å². The fourth-order valence-electron chi connectivity index (χ4n) is 3.39. The molecule has 11 nitrogen and oxygen atoms in total. The predicted octanol–water partition coefficient (Wildman–Crippen LogP) is 2.78. The zero-order valence-electron chi connectivity index (χ0n) is 20.3. The molecule has 0 aliphatic heterocycles. The lowest BCUT2D eigenvalue weighted by Gasteiger charge is -2.12. The first-order valence-corrected chi connectivity index (χ1v) is 11.3. The number of aromatic nitrogens is 4. The van der Waals surface area contributed by atoms with Gasteiger partial charge in [0.05, 0.1) is 27.4 Å². The second-order valence-corrected chi connectivity index (χ2v) is 7.40. The molecular weight excluding hydrogens is 466 g/mol. The van der Waals surface area contributed by atoms with Crippen molar-refractivity contribution in [3.8, 4) is 40.3 Å². The van der Waals surface area contributed by atoms with Gasteiger partial charge in [-0.25, -0.2) is 0 Å². The van der Waals surface area contributed by atoms with E-state index in [0.29, 0.717) is 47.0 Å². The number of fused-ring (bicyclic) bond motifs is 1. The van der Waals surface area contributed by atoms with E-state index < -0.39 is 0 Å². The summed E-state index contributed by atoms with van der Waals surface area (Å²) in [5.41, 5.74) is 1.31. The summed E-state index contributed by atoms with van der Waals surface area (Å²) < 4.78 is 29.0. The van der Waals surface area contributed by atoms with E-state index in [1.807, 2.05) is 25.1 Å². The van der Waals surface area contributed by atoms with Crippen LogP contribution in [-0.4, -0.2) is 66.3 Å². The Morgan fingerprint density at radius 1 is 0.889 bits per heavy atom. The first kappa shape index (κ1) is 24.6. The number of nitrogens with zero attached hydrogens (tertiary/aromatic N) is 4. The van der Waals surface area contributed by atoms with Crippen LogP contribution in [0.25, 0.3) is 17.0 Å². The molecule has 0 atom stereocenters. The molecule has 0 aliphatic rings. The number of benzene rings is 2. The molecule has 4 aromatic rings. The van der Waals surface area contributed by atoms with Crippen molar-refractivity contribution in [3.05, 3.63) is 54.6 Å². The highest BCUT2D eigenvalue weighted by Gasteiger charge is 2.14. The predicted molar refractivity (Wildman–Crippen MR) is 131 cm³/mol. The Hall–Kier alpha value is -4.54. The Bertz CT molecular complexity index is 1330. The van der Waals surface area contributed by atoms with Crippen molar-refractivity contribution in [2.45, 2.75) is 6.92 Å². The van der Waals surface area contributed by atoms with Gasteiger partial charge in [-0.05, 0) is 43.3 Å². The first-order chi connectivity index (χ1) is 17.6. The molecule has 2 aromatic heterocycles. The molecule has 2 heterocycles. The Morgan fingerprint density at radius 3 is 2.42 bits per heavy atom. The normalized spacial score (nSPS) is 10.6. The molecule has 0 radical (unpaired) electrons. The van der Waals surface area contributed by atoms with E-state index >= 15 is 0 Å². The van der Waals surface area contributed by atoms with Gasteiger partial charge in [0.1, 0.15) is 6.61 Å². The van der Waals surface area contributed by atoms with Crippen LogP contribution in [-0.2, 0) is 4.79 Å². The zero-order valence-corrected chi connectivity index (χ0v) is 20.3. The molecule has 188 valence electrons. The maximum absolute atomic E-state index is 12.1. The molecule has 0 aliphatic carbocycles. The summed E-state index contributed by atoms with van der Waals surface area (Å²) in [5.74, 6) is 2.90. The van der Waals surface area contributed by atoms with Crippen LogP contribution < -0.4 is 29.0 Å². The van der Waals surface area contributed by atoms with E-state index in [2.05, 4.69) is 20.6 Å². The monoisotopic (exact) mass is 493 g/mol. The average Bonchev–Trinajstić information content (AvgIpc) is 3.33. The van der Waals surface area contributed by atoms with Crippen molar-refractivity contribution >= 4 is 11.6 Å². The highest BCUT2D eigenvalue weighted by Crippen LogP contribution is 2.31. The minimum absolute atomic E-state index is 0.135. The van der Waals surface area contributed by atoms with Crippen molar-refractivity contribution in [2.24, 2.45) is 0 Å². The quantitative estimate of drug-likeness (QED) is 0.297. The fourth-order valence-corrected chi connectivity index (χ4v) is 3.39. The Morgan fingerprint density at radius 2 is 1.67 bits per heavy atom. The number of amides is 1. The largest absolute Gasteiger partial charge is 0.493 e. The maximum Gasteiger partial charge on any atom is 0.258 e. The van der Waals surface area contributed by atoms with Gasteiger partial charge in [0.15, 0.2) is 41.1 Å². The van der Waals surface area contributed by atoms with Gasteiger partial charge >= 0.3 is 0 Å². The number of ether oxygens (including phenoxy) is 5. The summed E-state index contributed by atoms with van der Waals surface area (Å²) in [7, 11) is 3.14. The third-order valence-corrected chi connectivity index (χ3v) is 5.06. The molecule has 36 heavy (non-hydrogen) atoms. The highest BCUT2D eigenvalue weighted by atomic mass is 16.5. The standard InChI is InChI=1S/C25H27N5O6/c1-4-34-19-7-5-6-8-20(19)36-16-23(31)26-13-14-35-24-12-11-22-27-28-25(30(22)29-24)17-9-10-18(32-2)21(15-17)33-3/h5-12,15H,4,13-14,16H2,1-3H3,(H,26,31). The van der Waals surface area contributed by atoms with Crippen molar-refractivity contribution in [3.63, 3.8) is 0 Å². The number of para-hydroxylation sites is 2. The van der Waals surface area contributed by atoms with Gasteiger partial charge in [-0.2, -0.15) is 4.52 Å². The molecule has 0 saturated carbocycles. The zero-order chi connectivity index (χ0) is 25.3. The third-order valence-electron chi connectivity index (χ3n) is 5.06. The van der Waals surface area contributed by atoms with E-state index in [0.717, 1.165) is 5.56 Å². The molecule has 2 aromatic carbocycles. The number of rotatable bonds is 12. The van der Waals surface area contributed by atoms with Crippen LogP contribution >= 0.6 is 0 Å². The Kier molecular flexibility index (Phi) is 8.01. The number of carbonyl (C=O) groups excluding carboxylic acids is 1. The van der Waals surface area contributed by atoms with Crippen LogP contribution in [0.4, 0.5) is 0 Å². The molecule has 0 saturated heterocycles. The van der Waals surface area contributed by atoms with Crippen LogP contribution in [0.3, 0.4) is 0 Å². The summed E-state index contributed by atoms with van der Waals surface area (Å²) in [5, 5.41) is 15.6. The highest BCUT2D eigenvalue weighted by molar-refractivity contribution is 5.77. The van der Waals surface area contributed by atoms with Crippen molar-refractivity contribution in [1.82, 2.24) is 25.1 Å². The third kappa shape index (κ3) is 5.74. The van der Waals surface area contributed by atoms with Crippen molar-refractivity contribution < 1.29 is 28.5 Å². The van der Waals surface area contributed by atoms with Gasteiger partial charge in [-0.3, -0.25) is 4.79 Å². The lowest BCUT2D eigenvalue weighted by atomic mass is 10.2. The maximum atomic E-state index is 12.1. The van der Waals surface area contributed by atoms with E-state index in [-0.39, 0.29) is 25.7 Å². The van der Waals surface area contributed by atoms with Crippen LogP contribution in [0.1, 0.15) is 6.92 Å². The smallest absolute Gasteiger partial charge is 0.258 e. The van der Waals surface area contributed by atoms with Gasteiger partial charge in [0.2, 0.25) is 5.88 Å². The molecule has 0 spiro atoms. The van der Waals surface area contributed by atoms with Crippen LogP contribution in [0.15, 0.2) is 54.6 Å². The number of nitrogens with one attached hydrogen (secondary N) is 1. The summed E-state index contributed by atoms with van der Waals surface area (Å²) in [6.07, 6.45) is 0. The Labute approximate surface area is 207 Å². The number of carbonyl (C=O) groups is 1. The van der Waals surface area contributed by atoms with E-state index in [4.69, 9.17) is 23.7 Å². The molecular formula is C25H27N5O6. The molecule has 1 N–H and O–H groups in total. The van der Waals surface area contributed by atoms with Crippen LogP contribution in [0.2, 0.25) is 0 Å². The first-order valence-electron chi connectivity index (χ1n) is 11.3. The number of hydrogen-bond acceptors (Lipinski definition) is 9. The number of hydrogen-bond donors (Lipinski definition) is 1. The summed E-state index contributed by atoms with van der Waals surface area (Å²) >= 11 is 0. The molecule has 1 amide bonds. The average molecular weight is 494 g/mol. The van der Waals surface area contributed by atoms with E-state index in [9.17, 15) is 4.79 Å². The summed E-state index contributed by atoms with van der Waals surface area (Å²) in [6, 6.07) is 16.1. The van der Waals surface area contributed by atoms with Crippen LogP contribution in [0, 0.1) is 0 Å². The van der Waals surface area contributed by atoms with Crippen molar-refractivity contribution in [1.29, 1.82) is 0 Å². The summed E-state index contributed by atoms with van der Waals surface area (Å²) in [4.78, 5) is 12.1. The van der Waals surface area contributed by atoms with Crippen LogP contribution in [0.5, 0.6) is 28.9 Å². The van der Waals surface area contributed by atoms with Gasteiger partial charge in [-0.15, -0.1) is 15.3 Å². The molecule has 0 unspecified atom stereocenters. The van der Waals surface area contributed by atoms with Gasteiger partial charge in [-0.1, -0.05) is 12.1 Å². The molecule has 0 bridgehead atoms. The van der Waals surface area contributed by atoms with Gasteiger partial charge < -0.3 is 29.0 Å². The van der Waals surface area contributed by atoms with E-state index in [1.54, 1.807) is 55.1 Å². The molecule has 4 rings (SSSR count). The molecule has 11 heteroatoms. The fraction of sp³-hybridized carbons (Fsp3) is 0.280. The minimum atomic E-state index is -0.275. The Balaban J connectivity index is 1.32. The van der Waals surface area contributed by atoms with E-state index in [1.165, 1.54) is 0 Å². The SMILES string of the molecule is CCOc1ccccc1OCC(=O)NCCOc1ccc2nnc(-c3ccc(OC)c(OC)c3)n2n1. The van der Waals surface area contributed by atoms with Crippen molar-refractivity contribution in [2.75, 3.05) is 40.6 Å². The van der Waals surface area contributed by atoms with Gasteiger partial charge in [0, 0.05) is 11.6 Å². The second kappa shape index (κ2) is 11.7. The lowest BCUT2D eigenvalue weighted by Crippen LogP contribution is -2.32. The van der Waals surface area contributed by atoms with Gasteiger partial charge in [0.25, 0.3) is 5.91 Å². The minimum Gasteiger partial charge on any atom is -0.493 e. The molecule has 0 fully saturated rings. The second-order valence-electron chi connectivity index (χ2n) is 7.40. The summed E-state index contributed by atoms with van der Waals surface area (Å²) in [6.45, 7) is 2.75. The lowest BCUT2D eigenvalue weighted by molar-refractivity contribution is -0.123.